The van der Waals surface area contributed by atoms with Crippen LogP contribution in [0.5, 0.6) is 0 Å². The van der Waals surface area contributed by atoms with Gasteiger partial charge in [-0.3, -0.25) is 13.9 Å². The van der Waals surface area contributed by atoms with Crippen LogP contribution >= 0.6 is 11.6 Å². The van der Waals surface area contributed by atoms with Gasteiger partial charge in [0.2, 0.25) is 0 Å². The predicted molar refractivity (Wildman–Crippen MR) is 165 cm³/mol. The zero-order valence-electron chi connectivity index (χ0n) is 23.5. The Balaban J connectivity index is 1.56. The number of halogens is 3. The van der Waals surface area contributed by atoms with E-state index in [1.165, 1.54) is 4.57 Å². The molecular weight excluding hydrogens is 562 g/mol. The summed E-state index contributed by atoms with van der Waals surface area (Å²) in [5.74, 6) is -0.503. The van der Waals surface area contributed by atoms with E-state index < -0.39 is 18.2 Å². The van der Waals surface area contributed by atoms with E-state index in [-0.39, 0.29) is 23.1 Å². The Morgan fingerprint density at radius 3 is 2.62 bits per heavy atom. The van der Waals surface area contributed by atoms with E-state index in [1.807, 2.05) is 19.1 Å². The molecule has 0 aliphatic carbocycles. The monoisotopic (exact) mass is 598 g/mol. The number of hydrogen-bond acceptors (Lipinski definition) is 5. The van der Waals surface area contributed by atoms with Gasteiger partial charge in [0, 0.05) is 35.8 Å². The summed E-state index contributed by atoms with van der Waals surface area (Å²) in [7, 11) is 0. The van der Waals surface area contributed by atoms with Crippen molar-refractivity contribution in [3.63, 3.8) is 0 Å². The summed E-state index contributed by atoms with van der Waals surface area (Å²) in [6.45, 7) is 2.56. The molecule has 8 N–H and O–H groups in total. The fourth-order valence-corrected chi connectivity index (χ4v) is 5.11. The van der Waals surface area contributed by atoms with Crippen molar-refractivity contribution >= 4 is 28.6 Å². The van der Waals surface area contributed by atoms with Gasteiger partial charge >= 0.3 is 5.69 Å². The van der Waals surface area contributed by atoms with Crippen molar-refractivity contribution in [2.75, 3.05) is 19.8 Å². The van der Waals surface area contributed by atoms with Crippen LogP contribution < -0.4 is 28.2 Å². The fraction of sp³-hybridized carbons (Fsp3) is 0.367. The second-order valence-electron chi connectivity index (χ2n) is 10.4. The third-order valence-corrected chi connectivity index (χ3v) is 7.28. The Bertz CT molecular complexity index is 1580. The fourth-order valence-electron chi connectivity index (χ4n) is 4.86. The highest BCUT2D eigenvalue weighted by Gasteiger charge is 2.16. The van der Waals surface area contributed by atoms with Crippen molar-refractivity contribution < 1.29 is 8.78 Å². The number of fused-ring (bicyclic) bond motifs is 1. The van der Waals surface area contributed by atoms with Gasteiger partial charge in [-0.25, -0.2) is 9.18 Å². The van der Waals surface area contributed by atoms with Crippen LogP contribution in [0.25, 0.3) is 28.0 Å². The average Bonchev–Trinajstić information content (AvgIpc) is 3.36. The zero-order valence-corrected chi connectivity index (χ0v) is 24.3. The molecule has 4 aromatic rings. The summed E-state index contributed by atoms with van der Waals surface area (Å²) < 4.78 is 29.7. The molecule has 0 amide bonds. The van der Waals surface area contributed by atoms with E-state index in [0.717, 1.165) is 24.0 Å². The number of H-pyrrole nitrogens is 1. The first kappa shape index (κ1) is 31.1. The molecule has 224 valence electrons. The zero-order chi connectivity index (χ0) is 30.2. The number of hydrogen-bond donors (Lipinski definition) is 5. The number of aryl methyl sites for hydroxylation is 1. The lowest BCUT2D eigenvalue weighted by molar-refractivity contribution is 0.400. The molecule has 0 radical (unpaired) electrons. The van der Waals surface area contributed by atoms with Gasteiger partial charge in [0.05, 0.1) is 23.1 Å². The quantitative estimate of drug-likeness (QED) is 0.0818. The molecule has 2 aromatic heterocycles. The van der Waals surface area contributed by atoms with E-state index in [4.69, 9.17) is 28.8 Å². The van der Waals surface area contributed by atoms with Gasteiger partial charge < -0.3 is 27.5 Å². The maximum Gasteiger partial charge on any atom is 0.354 e. The molecule has 12 heteroatoms. The smallest absolute Gasteiger partial charge is 0.354 e. The van der Waals surface area contributed by atoms with E-state index >= 15 is 4.39 Å². The molecule has 0 aliphatic heterocycles. The molecular formula is C30H37ClF2N8O. The SMILES string of the molecule is C[C@H](N)CCCc1cc(Cl)c(F)c(-c2cc3cn(-c4ccc([C@H](CCF)NCCCN=C(N)N)cc4)c(=O)nc3[nH]2)c1. The molecule has 0 fully saturated rings. The lowest BCUT2D eigenvalue weighted by Gasteiger charge is -2.18. The highest BCUT2D eigenvalue weighted by molar-refractivity contribution is 6.31. The molecule has 9 nitrogen and oxygen atoms in total. The van der Waals surface area contributed by atoms with E-state index in [0.29, 0.717) is 60.3 Å². The van der Waals surface area contributed by atoms with Crippen LogP contribution in [0.3, 0.4) is 0 Å². The van der Waals surface area contributed by atoms with Gasteiger partial charge in [-0.1, -0.05) is 23.7 Å². The van der Waals surface area contributed by atoms with Crippen LogP contribution in [0.1, 0.15) is 49.8 Å². The Morgan fingerprint density at radius 1 is 1.17 bits per heavy atom. The molecule has 4 rings (SSSR count). The first-order chi connectivity index (χ1) is 20.2. The van der Waals surface area contributed by atoms with Crippen molar-refractivity contribution in [3.05, 3.63) is 81.1 Å². The standard InChI is InChI=1S/C30H37ClF2N8O/c1-18(34)4-2-5-19-14-23(27(33)24(31)15-19)26-16-21-17-41(30(42)40-28(21)39-26)22-8-6-20(7-9-22)25(10-11-32)37-12-3-13-38-29(35)36/h6-9,14-18,25,37H,2-5,10-13,34H2,1H3,(H4,35,36,38)(H,39,40,42)/t18-,25-/m0/s1. The van der Waals surface area contributed by atoms with Crippen LogP contribution in [0.4, 0.5) is 8.78 Å². The van der Waals surface area contributed by atoms with E-state index in [2.05, 4.69) is 20.3 Å². The summed E-state index contributed by atoms with van der Waals surface area (Å²) >= 11 is 6.22. The second-order valence-corrected chi connectivity index (χ2v) is 10.8. The van der Waals surface area contributed by atoms with Crippen LogP contribution in [-0.2, 0) is 6.42 Å². The highest BCUT2D eigenvalue weighted by atomic mass is 35.5. The minimum absolute atomic E-state index is 0.0314. The van der Waals surface area contributed by atoms with E-state index in [9.17, 15) is 9.18 Å². The molecule has 2 atom stereocenters. The molecule has 0 aliphatic rings. The maximum atomic E-state index is 15.1. The lowest BCUT2D eigenvalue weighted by atomic mass is 10.0. The first-order valence-electron chi connectivity index (χ1n) is 14.0. The molecule has 0 unspecified atom stereocenters. The van der Waals surface area contributed by atoms with Crippen molar-refractivity contribution in [3.8, 4) is 16.9 Å². The summed E-state index contributed by atoms with van der Waals surface area (Å²) in [6.07, 6.45) is 5.08. The van der Waals surface area contributed by atoms with Gasteiger partial charge in [-0.05, 0) is 87.0 Å². The maximum absolute atomic E-state index is 15.1. The number of benzene rings is 2. The Labute approximate surface area is 248 Å². The average molecular weight is 599 g/mol. The highest BCUT2D eigenvalue weighted by Crippen LogP contribution is 2.31. The number of rotatable bonds is 14. The summed E-state index contributed by atoms with van der Waals surface area (Å²) in [5, 5.41) is 3.99. The summed E-state index contributed by atoms with van der Waals surface area (Å²) in [4.78, 5) is 24.1. The Morgan fingerprint density at radius 2 is 1.93 bits per heavy atom. The Hall–Kier alpha value is -3.80. The van der Waals surface area contributed by atoms with Crippen LogP contribution in [-0.4, -0.2) is 46.3 Å². The number of aliphatic imine (C=N–C) groups is 1. The van der Waals surface area contributed by atoms with E-state index in [1.54, 1.807) is 36.5 Å². The summed E-state index contributed by atoms with van der Waals surface area (Å²) in [6, 6.07) is 12.3. The van der Waals surface area contributed by atoms with Gasteiger partial charge in [-0.15, -0.1) is 0 Å². The third kappa shape index (κ3) is 7.93. The second kappa shape index (κ2) is 14.4. The van der Waals surface area contributed by atoms with Crippen molar-refractivity contribution in [1.82, 2.24) is 19.9 Å². The van der Waals surface area contributed by atoms with Gasteiger partial charge in [0.15, 0.2) is 11.8 Å². The minimum atomic E-state index is -0.544. The molecule has 0 bridgehead atoms. The molecule has 42 heavy (non-hydrogen) atoms. The van der Waals surface area contributed by atoms with Crippen LogP contribution in [0, 0.1) is 5.82 Å². The predicted octanol–water partition coefficient (Wildman–Crippen LogP) is 4.50. The lowest BCUT2D eigenvalue weighted by Crippen LogP contribution is -2.25. The van der Waals surface area contributed by atoms with Gasteiger partial charge in [0.25, 0.3) is 0 Å². The number of nitrogens with zero attached hydrogens (tertiary/aromatic N) is 3. The first-order valence-corrected chi connectivity index (χ1v) is 14.4. The topological polar surface area (TPSA) is 153 Å². The number of nitrogens with one attached hydrogen (secondary N) is 2. The van der Waals surface area contributed by atoms with Crippen molar-refractivity contribution in [2.45, 2.75) is 51.1 Å². The Kier molecular flexibility index (Phi) is 10.7. The molecule has 0 saturated heterocycles. The molecule has 0 saturated carbocycles. The summed E-state index contributed by atoms with van der Waals surface area (Å²) in [5.41, 5.74) is 19.6. The van der Waals surface area contributed by atoms with Gasteiger partial charge in [0.1, 0.15) is 5.65 Å². The number of nitrogens with two attached hydrogens (primary N) is 3. The van der Waals surface area contributed by atoms with Crippen LogP contribution in [0.2, 0.25) is 5.02 Å². The normalized spacial score (nSPS) is 12.9. The largest absolute Gasteiger partial charge is 0.370 e. The third-order valence-electron chi connectivity index (χ3n) is 7.00. The number of aromatic amines is 1. The van der Waals surface area contributed by atoms with Gasteiger partial charge in [-0.2, -0.15) is 4.98 Å². The molecule has 2 heterocycles. The number of alkyl halides is 1. The van der Waals surface area contributed by atoms with Crippen LogP contribution in [0.15, 0.2) is 58.4 Å². The molecule has 0 spiro atoms. The minimum Gasteiger partial charge on any atom is -0.370 e. The number of guanidine groups is 1. The van der Waals surface area contributed by atoms with Crippen molar-refractivity contribution in [1.29, 1.82) is 0 Å². The molecule has 2 aromatic carbocycles. The van der Waals surface area contributed by atoms with Crippen molar-refractivity contribution in [2.24, 2.45) is 22.2 Å². The number of aromatic nitrogens is 3.